The van der Waals surface area contributed by atoms with Gasteiger partial charge >= 0.3 is 0 Å². The van der Waals surface area contributed by atoms with Crippen LogP contribution in [0.5, 0.6) is 0 Å². The van der Waals surface area contributed by atoms with E-state index in [1.165, 1.54) is 5.25 Å². The summed E-state index contributed by atoms with van der Waals surface area (Å²) < 4.78 is 9.78. The monoisotopic (exact) mass is 111 g/mol. The molecule has 0 radical (unpaired) electrons. The third-order valence-corrected chi connectivity index (χ3v) is 0.557. The van der Waals surface area contributed by atoms with Crippen LogP contribution in [-0.4, -0.2) is 16.8 Å². The smallest absolute Gasteiger partial charge is 0.286 e. The van der Waals surface area contributed by atoms with Crippen LogP contribution in [0.25, 0.3) is 0 Å². The highest BCUT2D eigenvalue weighted by molar-refractivity contribution is 7.54. The van der Waals surface area contributed by atoms with Crippen LogP contribution in [-0.2, 0) is 4.57 Å². The topological polar surface area (TPSA) is 69.6 Å². The van der Waals surface area contributed by atoms with Crippen LogP contribution < -0.4 is 5.25 Å². The van der Waals surface area contributed by atoms with Gasteiger partial charge in [-0.3, -0.25) is 4.57 Å². The van der Waals surface area contributed by atoms with E-state index >= 15 is 0 Å². The zero-order valence-electron chi connectivity index (χ0n) is 3.25. The Labute approximate surface area is 35.3 Å². The van der Waals surface area contributed by atoms with E-state index in [2.05, 4.69) is 0 Å². The first-order valence-corrected chi connectivity index (χ1v) is 3.38. The van der Waals surface area contributed by atoms with Crippen LogP contribution in [0.2, 0.25) is 0 Å². The number of hydrogen-bond donors (Lipinski definition) is 3. The van der Waals surface area contributed by atoms with E-state index in [0.717, 1.165) is 6.66 Å². The maximum atomic E-state index is 9.78. The Balaban J connectivity index is 3.48. The minimum absolute atomic E-state index is 0.993. The van der Waals surface area contributed by atoms with Crippen molar-refractivity contribution in [2.45, 2.75) is 0 Å². The van der Waals surface area contributed by atoms with Gasteiger partial charge in [0.25, 0.3) is 7.52 Å². The molecule has 0 saturated heterocycles. The number of rotatable bonds is 1. The van der Waals surface area contributed by atoms with Crippen molar-refractivity contribution in [1.82, 2.24) is 5.25 Å². The number of hydrogen-bond acceptors (Lipinski definition) is 2. The minimum Gasteiger partial charge on any atom is -0.332 e. The summed E-state index contributed by atoms with van der Waals surface area (Å²) in [5.74, 6) is 0. The van der Waals surface area contributed by atoms with Gasteiger partial charge in [0.1, 0.15) is 0 Å². The van der Waals surface area contributed by atoms with Crippen molar-refractivity contribution in [3.63, 3.8) is 0 Å². The third-order valence-electron chi connectivity index (χ3n) is 0.186. The van der Waals surface area contributed by atoms with Crippen LogP contribution in [0.1, 0.15) is 0 Å². The Morgan fingerprint density at radius 1 is 1.83 bits per heavy atom. The molecule has 0 spiro atoms. The molecule has 0 aromatic rings. The van der Waals surface area contributed by atoms with Crippen molar-refractivity contribution in [2.24, 2.45) is 0 Å². The Morgan fingerprint density at radius 3 is 2.00 bits per heavy atom. The molecule has 1 atom stereocenters. The standard InChI is InChI=1S/CH6NO3P/c1-6(4,5)2-3/h3H,1H3,(H2,2,4,5). The maximum absolute atomic E-state index is 9.78. The summed E-state index contributed by atoms with van der Waals surface area (Å²) in [7, 11) is -3.34. The summed E-state index contributed by atoms with van der Waals surface area (Å²) in [6, 6.07) is 0. The highest BCUT2D eigenvalue weighted by Gasteiger charge is 2.02. The molecule has 1 unspecified atom stereocenters. The zero-order chi connectivity index (χ0) is 5.21. The van der Waals surface area contributed by atoms with E-state index < -0.39 is 7.52 Å². The predicted octanol–water partition coefficient (Wildman–Crippen LogP) is -0.220. The molecule has 0 heterocycles. The molecule has 0 aromatic heterocycles. The lowest BCUT2D eigenvalue weighted by atomic mass is 12.0. The van der Waals surface area contributed by atoms with Crippen LogP contribution in [0.15, 0.2) is 0 Å². The molecule has 5 heteroatoms. The van der Waals surface area contributed by atoms with Crippen molar-refractivity contribution in [3.8, 4) is 0 Å². The molecule has 0 aliphatic heterocycles. The molecule has 0 bridgehead atoms. The predicted molar refractivity (Wildman–Crippen MR) is 20.7 cm³/mol. The molecule has 0 aliphatic carbocycles. The summed E-state index contributed by atoms with van der Waals surface area (Å²) >= 11 is 0. The third kappa shape index (κ3) is 4.11. The van der Waals surface area contributed by atoms with E-state index in [4.69, 9.17) is 10.1 Å². The average molecular weight is 111 g/mol. The van der Waals surface area contributed by atoms with Crippen LogP contribution in [0.4, 0.5) is 0 Å². The number of nitrogens with one attached hydrogen (secondary N) is 1. The highest BCUT2D eigenvalue weighted by atomic mass is 31.2. The summed E-state index contributed by atoms with van der Waals surface area (Å²) in [6.45, 7) is 0.993. The first kappa shape index (κ1) is 6.11. The van der Waals surface area contributed by atoms with Gasteiger partial charge in [-0.1, -0.05) is 0 Å². The molecule has 6 heavy (non-hydrogen) atoms. The molecule has 3 N–H and O–H groups in total. The van der Waals surface area contributed by atoms with Crippen molar-refractivity contribution in [1.29, 1.82) is 0 Å². The van der Waals surface area contributed by atoms with Gasteiger partial charge in [0.15, 0.2) is 0 Å². The van der Waals surface area contributed by atoms with Gasteiger partial charge in [-0.25, -0.2) is 0 Å². The quantitative estimate of drug-likeness (QED) is 0.323. The molecule has 4 nitrogen and oxygen atoms in total. The lowest BCUT2D eigenvalue weighted by Gasteiger charge is -1.95. The fraction of sp³-hybridized carbons (Fsp3) is 1.00. The summed E-state index contributed by atoms with van der Waals surface area (Å²) in [5, 5.41) is 8.85. The van der Waals surface area contributed by atoms with Crippen molar-refractivity contribution in [3.05, 3.63) is 0 Å². The second kappa shape index (κ2) is 1.71. The molecule has 0 saturated carbocycles. The molecular formula is CH6NO3P. The Kier molecular flexibility index (Phi) is 1.74. The lowest BCUT2D eigenvalue weighted by molar-refractivity contribution is 0.224. The van der Waals surface area contributed by atoms with Crippen LogP contribution >= 0.6 is 7.52 Å². The van der Waals surface area contributed by atoms with Gasteiger partial charge in [0, 0.05) is 6.66 Å². The summed E-state index contributed by atoms with van der Waals surface area (Å²) in [5.41, 5.74) is 0. The lowest BCUT2D eigenvalue weighted by Crippen LogP contribution is -1.99. The van der Waals surface area contributed by atoms with E-state index in [1.54, 1.807) is 0 Å². The zero-order valence-corrected chi connectivity index (χ0v) is 4.14. The van der Waals surface area contributed by atoms with E-state index in [1.807, 2.05) is 0 Å². The molecule has 0 rings (SSSR count). The summed E-state index contributed by atoms with van der Waals surface area (Å²) in [6.07, 6.45) is 0. The average Bonchev–Trinajstić information content (AvgIpc) is 1.35. The van der Waals surface area contributed by atoms with Gasteiger partial charge < -0.3 is 10.1 Å². The van der Waals surface area contributed by atoms with E-state index in [9.17, 15) is 4.57 Å². The highest BCUT2D eigenvalue weighted by Crippen LogP contribution is 2.26. The largest absolute Gasteiger partial charge is 0.332 e. The van der Waals surface area contributed by atoms with Crippen molar-refractivity contribution in [2.75, 3.05) is 6.66 Å². The Morgan fingerprint density at radius 2 is 2.00 bits per heavy atom. The van der Waals surface area contributed by atoms with Gasteiger partial charge in [-0.2, -0.15) is 0 Å². The normalized spacial score (nSPS) is 19.8. The molecule has 0 aromatic carbocycles. The van der Waals surface area contributed by atoms with E-state index in [-0.39, 0.29) is 0 Å². The molecular weight excluding hydrogens is 105 g/mol. The van der Waals surface area contributed by atoms with Crippen molar-refractivity contribution >= 4 is 7.52 Å². The first-order valence-electron chi connectivity index (χ1n) is 1.28. The Hall–Kier alpha value is 0.110. The van der Waals surface area contributed by atoms with Gasteiger partial charge in [-0.15, -0.1) is 5.25 Å². The van der Waals surface area contributed by atoms with Crippen LogP contribution in [0.3, 0.4) is 0 Å². The van der Waals surface area contributed by atoms with Gasteiger partial charge in [0.2, 0.25) is 0 Å². The maximum Gasteiger partial charge on any atom is 0.286 e. The summed E-state index contributed by atoms with van der Waals surface area (Å²) in [4.78, 5) is 8.02. The van der Waals surface area contributed by atoms with E-state index in [0.29, 0.717) is 0 Å². The second-order valence-electron chi connectivity index (χ2n) is 0.979. The molecule has 38 valence electrons. The second-order valence-corrected chi connectivity index (χ2v) is 2.94. The minimum atomic E-state index is -3.34. The fourth-order valence-corrected chi connectivity index (χ4v) is 0. The molecule has 0 fully saturated rings. The van der Waals surface area contributed by atoms with Crippen LogP contribution in [0, 0.1) is 0 Å². The SMILES string of the molecule is CP(=O)(O)NO. The van der Waals surface area contributed by atoms with Gasteiger partial charge in [0.05, 0.1) is 0 Å². The first-order chi connectivity index (χ1) is 2.56. The van der Waals surface area contributed by atoms with Gasteiger partial charge in [-0.05, 0) is 0 Å². The molecule has 0 aliphatic rings. The molecule has 0 amide bonds. The fourth-order valence-electron chi connectivity index (χ4n) is 0. The Bertz CT molecular complexity index is 74.9. The van der Waals surface area contributed by atoms with Crippen molar-refractivity contribution < 1.29 is 14.7 Å².